The van der Waals surface area contributed by atoms with Crippen molar-refractivity contribution < 1.29 is 9.53 Å². The fourth-order valence-electron chi connectivity index (χ4n) is 2.02. The summed E-state index contributed by atoms with van der Waals surface area (Å²) in [7, 11) is 0. The second-order valence-electron chi connectivity index (χ2n) is 5.34. The molecular weight excluding hydrogens is 312 g/mol. The van der Waals surface area contributed by atoms with E-state index >= 15 is 0 Å². The predicted molar refractivity (Wildman–Crippen MR) is 93.1 cm³/mol. The summed E-state index contributed by atoms with van der Waals surface area (Å²) in [5.41, 5.74) is 3.50. The topological polar surface area (TPSA) is 50.4 Å². The number of aryl methyl sites for hydroxylation is 2. The third-order valence-corrected chi connectivity index (χ3v) is 3.81. The van der Waals surface area contributed by atoms with E-state index in [4.69, 9.17) is 16.3 Å². The highest BCUT2D eigenvalue weighted by Crippen LogP contribution is 2.15. The van der Waals surface area contributed by atoms with Crippen LogP contribution < -0.4 is 15.4 Å². The van der Waals surface area contributed by atoms with E-state index in [1.165, 1.54) is 5.56 Å². The standard InChI is InChI=1S/C18H21ClN2O2/c1-13-3-8-17(11-14(13)2)23-12-21-18(22)20-10-9-15-4-6-16(19)7-5-15/h3-8,11H,9-10,12H2,1-2H3,(H2,20,21,22). The maximum atomic E-state index is 11.7. The minimum atomic E-state index is -0.247. The molecule has 0 fully saturated rings. The zero-order valence-corrected chi connectivity index (χ0v) is 14.1. The highest BCUT2D eigenvalue weighted by molar-refractivity contribution is 6.30. The second-order valence-corrected chi connectivity index (χ2v) is 5.78. The Kier molecular flexibility index (Phi) is 6.29. The summed E-state index contributed by atoms with van der Waals surface area (Å²) >= 11 is 5.83. The van der Waals surface area contributed by atoms with E-state index in [1.807, 2.05) is 56.3 Å². The van der Waals surface area contributed by atoms with Gasteiger partial charge in [-0.25, -0.2) is 4.79 Å². The average Bonchev–Trinajstić information content (AvgIpc) is 2.53. The number of benzene rings is 2. The molecule has 0 heterocycles. The molecular formula is C18H21ClN2O2. The zero-order chi connectivity index (χ0) is 16.7. The van der Waals surface area contributed by atoms with Crippen LogP contribution in [-0.2, 0) is 6.42 Å². The SMILES string of the molecule is Cc1ccc(OCNC(=O)NCCc2ccc(Cl)cc2)cc1C. The van der Waals surface area contributed by atoms with Gasteiger partial charge in [-0.1, -0.05) is 29.8 Å². The first kappa shape index (κ1) is 17.2. The zero-order valence-electron chi connectivity index (χ0n) is 13.4. The van der Waals surface area contributed by atoms with Gasteiger partial charge in [0.25, 0.3) is 0 Å². The first-order valence-corrected chi connectivity index (χ1v) is 7.88. The largest absolute Gasteiger partial charge is 0.473 e. The van der Waals surface area contributed by atoms with E-state index < -0.39 is 0 Å². The van der Waals surface area contributed by atoms with Crippen molar-refractivity contribution >= 4 is 17.6 Å². The monoisotopic (exact) mass is 332 g/mol. The van der Waals surface area contributed by atoms with Crippen LogP contribution in [-0.4, -0.2) is 19.3 Å². The maximum Gasteiger partial charge on any atom is 0.317 e. The summed E-state index contributed by atoms with van der Waals surface area (Å²) < 4.78 is 5.50. The molecule has 0 unspecified atom stereocenters. The summed E-state index contributed by atoms with van der Waals surface area (Å²) in [4.78, 5) is 11.7. The Labute approximate surface area is 141 Å². The van der Waals surface area contributed by atoms with Crippen LogP contribution in [0.5, 0.6) is 5.75 Å². The molecule has 122 valence electrons. The van der Waals surface area contributed by atoms with Crippen molar-refractivity contribution in [2.75, 3.05) is 13.3 Å². The van der Waals surface area contributed by atoms with Gasteiger partial charge in [0, 0.05) is 11.6 Å². The van der Waals surface area contributed by atoms with E-state index in [1.54, 1.807) is 0 Å². The van der Waals surface area contributed by atoms with E-state index in [9.17, 15) is 4.79 Å². The van der Waals surface area contributed by atoms with Crippen LogP contribution in [0, 0.1) is 13.8 Å². The normalized spacial score (nSPS) is 10.2. The molecule has 2 aromatic rings. The number of carbonyl (C=O) groups excluding carboxylic acids is 1. The highest BCUT2D eigenvalue weighted by Gasteiger charge is 2.01. The van der Waals surface area contributed by atoms with Gasteiger partial charge in [0.1, 0.15) is 5.75 Å². The lowest BCUT2D eigenvalue weighted by Gasteiger charge is -2.10. The molecule has 0 aromatic heterocycles. The van der Waals surface area contributed by atoms with Gasteiger partial charge in [0.2, 0.25) is 0 Å². The molecule has 0 saturated heterocycles. The molecule has 0 aliphatic heterocycles. The van der Waals surface area contributed by atoms with Gasteiger partial charge in [-0.3, -0.25) is 0 Å². The van der Waals surface area contributed by atoms with Gasteiger partial charge in [0.05, 0.1) is 0 Å². The third-order valence-electron chi connectivity index (χ3n) is 3.56. The Morgan fingerprint density at radius 2 is 1.78 bits per heavy atom. The average molecular weight is 333 g/mol. The number of carbonyl (C=O) groups is 1. The van der Waals surface area contributed by atoms with Crippen LogP contribution >= 0.6 is 11.6 Å². The van der Waals surface area contributed by atoms with Crippen molar-refractivity contribution in [1.29, 1.82) is 0 Å². The predicted octanol–water partition coefficient (Wildman–Crippen LogP) is 3.84. The van der Waals surface area contributed by atoms with E-state index in [-0.39, 0.29) is 12.8 Å². The van der Waals surface area contributed by atoms with Crippen molar-refractivity contribution in [3.8, 4) is 5.75 Å². The number of hydrogen-bond donors (Lipinski definition) is 2. The number of urea groups is 1. The van der Waals surface area contributed by atoms with Gasteiger partial charge < -0.3 is 15.4 Å². The van der Waals surface area contributed by atoms with E-state index in [0.29, 0.717) is 11.6 Å². The number of rotatable bonds is 6. The Morgan fingerprint density at radius 3 is 2.48 bits per heavy atom. The van der Waals surface area contributed by atoms with Crippen molar-refractivity contribution in [2.24, 2.45) is 0 Å². The number of ether oxygens (including phenoxy) is 1. The smallest absolute Gasteiger partial charge is 0.317 e. The fraction of sp³-hybridized carbons (Fsp3) is 0.278. The first-order chi connectivity index (χ1) is 11.0. The summed E-state index contributed by atoms with van der Waals surface area (Å²) in [6, 6.07) is 13.2. The molecule has 0 bridgehead atoms. The maximum absolute atomic E-state index is 11.7. The van der Waals surface area contributed by atoms with E-state index in [0.717, 1.165) is 23.3 Å². The lowest BCUT2D eigenvalue weighted by Crippen LogP contribution is -2.38. The fourth-order valence-corrected chi connectivity index (χ4v) is 2.15. The Bertz CT molecular complexity index is 657. The van der Waals surface area contributed by atoms with Crippen molar-refractivity contribution in [3.63, 3.8) is 0 Å². The van der Waals surface area contributed by atoms with E-state index in [2.05, 4.69) is 10.6 Å². The number of halogens is 1. The van der Waals surface area contributed by atoms with Gasteiger partial charge in [-0.05, 0) is 61.2 Å². The Morgan fingerprint density at radius 1 is 1.04 bits per heavy atom. The summed E-state index contributed by atoms with van der Waals surface area (Å²) in [5, 5.41) is 6.17. The van der Waals surface area contributed by atoms with Gasteiger partial charge in [0.15, 0.2) is 6.73 Å². The molecule has 0 aliphatic rings. The van der Waals surface area contributed by atoms with Crippen LogP contribution in [0.15, 0.2) is 42.5 Å². The highest BCUT2D eigenvalue weighted by atomic mass is 35.5. The molecule has 2 aromatic carbocycles. The molecule has 2 N–H and O–H groups in total. The Balaban J connectivity index is 1.65. The molecule has 2 amide bonds. The minimum Gasteiger partial charge on any atom is -0.473 e. The molecule has 0 radical (unpaired) electrons. The van der Waals surface area contributed by atoms with Crippen LogP contribution in [0.1, 0.15) is 16.7 Å². The van der Waals surface area contributed by atoms with Gasteiger partial charge in [-0.2, -0.15) is 0 Å². The molecule has 0 atom stereocenters. The molecule has 0 saturated carbocycles. The van der Waals surface area contributed by atoms with Crippen LogP contribution in [0.25, 0.3) is 0 Å². The molecule has 23 heavy (non-hydrogen) atoms. The van der Waals surface area contributed by atoms with Crippen molar-refractivity contribution in [3.05, 3.63) is 64.2 Å². The summed E-state index contributed by atoms with van der Waals surface area (Å²) in [5.74, 6) is 0.745. The first-order valence-electron chi connectivity index (χ1n) is 7.51. The molecule has 5 heteroatoms. The summed E-state index contributed by atoms with van der Waals surface area (Å²) in [6.45, 7) is 4.76. The van der Waals surface area contributed by atoms with Crippen LogP contribution in [0.3, 0.4) is 0 Å². The number of nitrogens with one attached hydrogen (secondary N) is 2. The molecule has 0 spiro atoms. The van der Waals surface area contributed by atoms with Gasteiger partial charge in [-0.15, -0.1) is 0 Å². The lowest BCUT2D eigenvalue weighted by molar-refractivity contribution is 0.224. The molecule has 4 nitrogen and oxygen atoms in total. The Hall–Kier alpha value is -2.20. The third kappa shape index (κ3) is 5.83. The van der Waals surface area contributed by atoms with Gasteiger partial charge >= 0.3 is 6.03 Å². The lowest BCUT2D eigenvalue weighted by atomic mass is 10.1. The van der Waals surface area contributed by atoms with Crippen molar-refractivity contribution in [2.45, 2.75) is 20.3 Å². The molecule has 2 rings (SSSR count). The van der Waals surface area contributed by atoms with Crippen molar-refractivity contribution in [1.82, 2.24) is 10.6 Å². The second kappa shape index (κ2) is 8.44. The quantitative estimate of drug-likeness (QED) is 0.790. The molecule has 0 aliphatic carbocycles. The number of amides is 2. The summed E-state index contributed by atoms with van der Waals surface area (Å²) in [6.07, 6.45) is 0.753. The van der Waals surface area contributed by atoms with Crippen LogP contribution in [0.2, 0.25) is 5.02 Å². The minimum absolute atomic E-state index is 0.134. The number of hydrogen-bond acceptors (Lipinski definition) is 2. The van der Waals surface area contributed by atoms with Crippen LogP contribution in [0.4, 0.5) is 4.79 Å².